The van der Waals surface area contributed by atoms with Crippen molar-refractivity contribution in [3.05, 3.63) is 52.7 Å². The van der Waals surface area contributed by atoms with Gasteiger partial charge in [0.15, 0.2) is 5.82 Å². The first-order valence-corrected chi connectivity index (χ1v) is 7.85. The van der Waals surface area contributed by atoms with Crippen molar-refractivity contribution in [2.75, 3.05) is 18.5 Å². The molecule has 0 aliphatic carbocycles. The van der Waals surface area contributed by atoms with Gasteiger partial charge in [-0.2, -0.15) is 10.4 Å². The molecule has 0 saturated carbocycles. The Morgan fingerprint density at radius 3 is 2.78 bits per heavy atom. The van der Waals surface area contributed by atoms with Crippen LogP contribution in [0.15, 0.2) is 30.3 Å². The van der Waals surface area contributed by atoms with Crippen LogP contribution in [-0.2, 0) is 4.74 Å². The van der Waals surface area contributed by atoms with Crippen LogP contribution in [0.1, 0.15) is 34.9 Å². The number of rotatable bonds is 4. The van der Waals surface area contributed by atoms with E-state index in [2.05, 4.69) is 33.7 Å². The monoisotopic (exact) mass is 308 g/mol. The Kier molecular flexibility index (Phi) is 4.54. The van der Waals surface area contributed by atoms with E-state index in [0.29, 0.717) is 23.8 Å². The van der Waals surface area contributed by atoms with Crippen LogP contribution in [0.2, 0.25) is 0 Å². The molecule has 1 aliphatic heterocycles. The highest BCUT2D eigenvalue weighted by atomic mass is 16.5. The van der Waals surface area contributed by atoms with Crippen LogP contribution < -0.4 is 5.32 Å². The molecule has 5 heteroatoms. The fourth-order valence-electron chi connectivity index (χ4n) is 2.95. The fraction of sp³-hybridized carbons (Fsp3) is 0.389. The van der Waals surface area contributed by atoms with Crippen LogP contribution in [0.5, 0.6) is 0 Å². The van der Waals surface area contributed by atoms with Gasteiger partial charge in [-0.05, 0) is 31.4 Å². The van der Waals surface area contributed by atoms with Crippen molar-refractivity contribution in [1.82, 2.24) is 10.2 Å². The third-order valence-electron chi connectivity index (χ3n) is 4.44. The van der Waals surface area contributed by atoms with Crippen molar-refractivity contribution in [2.24, 2.45) is 5.92 Å². The molecule has 0 radical (unpaired) electrons. The zero-order valence-electron chi connectivity index (χ0n) is 13.4. The smallest absolute Gasteiger partial charge is 0.166 e. The zero-order valence-corrected chi connectivity index (χ0v) is 13.4. The van der Waals surface area contributed by atoms with Gasteiger partial charge in [0.05, 0.1) is 11.8 Å². The number of nitriles is 1. The standard InChI is InChI=1S/C18H20N4O/c1-12-13(2)21-22-18(16(12)10-19)20-11-15-8-9-23-17(15)14-6-4-3-5-7-14/h3-7,15,17H,8-9,11H2,1-2H3,(H,20,22)/t15-,17-/m0/s1. The van der Waals surface area contributed by atoms with Gasteiger partial charge in [-0.1, -0.05) is 30.3 Å². The number of ether oxygens (including phenoxy) is 1. The number of aryl methyl sites for hydroxylation is 1. The Bertz CT molecular complexity index is 724. The molecule has 3 rings (SSSR count). The summed E-state index contributed by atoms with van der Waals surface area (Å²) in [6.45, 7) is 5.24. The van der Waals surface area contributed by atoms with Crippen molar-refractivity contribution in [3.8, 4) is 6.07 Å². The minimum absolute atomic E-state index is 0.0914. The predicted molar refractivity (Wildman–Crippen MR) is 88.0 cm³/mol. The van der Waals surface area contributed by atoms with E-state index in [1.54, 1.807) is 0 Å². The maximum Gasteiger partial charge on any atom is 0.166 e. The third-order valence-corrected chi connectivity index (χ3v) is 4.44. The summed E-state index contributed by atoms with van der Waals surface area (Å²) in [5.74, 6) is 0.918. The molecule has 2 heterocycles. The second-order valence-corrected chi connectivity index (χ2v) is 5.88. The number of benzene rings is 1. The molecule has 5 nitrogen and oxygen atoms in total. The van der Waals surface area contributed by atoms with Crippen molar-refractivity contribution >= 4 is 5.82 Å². The van der Waals surface area contributed by atoms with Gasteiger partial charge in [0, 0.05) is 19.1 Å². The molecule has 1 aromatic carbocycles. The van der Waals surface area contributed by atoms with Crippen LogP contribution in [0.4, 0.5) is 5.82 Å². The minimum Gasteiger partial charge on any atom is -0.373 e. The topological polar surface area (TPSA) is 70.8 Å². The van der Waals surface area contributed by atoms with Crippen LogP contribution in [-0.4, -0.2) is 23.3 Å². The molecule has 1 aromatic heterocycles. The van der Waals surface area contributed by atoms with Gasteiger partial charge >= 0.3 is 0 Å². The SMILES string of the molecule is Cc1nnc(NC[C@@H]2CCO[C@H]2c2ccccc2)c(C#N)c1C. The van der Waals surface area contributed by atoms with Gasteiger partial charge in [-0.15, -0.1) is 5.10 Å². The van der Waals surface area contributed by atoms with E-state index in [9.17, 15) is 5.26 Å². The van der Waals surface area contributed by atoms with Crippen LogP contribution in [0.25, 0.3) is 0 Å². The molecule has 0 spiro atoms. The molecule has 0 unspecified atom stereocenters. The molecular formula is C18H20N4O. The van der Waals surface area contributed by atoms with Gasteiger partial charge in [-0.3, -0.25) is 0 Å². The normalized spacial score (nSPS) is 20.2. The summed E-state index contributed by atoms with van der Waals surface area (Å²) in [7, 11) is 0. The van der Waals surface area contributed by atoms with E-state index in [-0.39, 0.29) is 6.10 Å². The molecule has 1 aliphatic rings. The lowest BCUT2D eigenvalue weighted by atomic mass is 9.95. The maximum atomic E-state index is 9.36. The summed E-state index contributed by atoms with van der Waals surface area (Å²) in [5.41, 5.74) is 3.45. The highest BCUT2D eigenvalue weighted by molar-refractivity contribution is 5.55. The van der Waals surface area contributed by atoms with Crippen molar-refractivity contribution in [3.63, 3.8) is 0 Å². The molecule has 23 heavy (non-hydrogen) atoms. The van der Waals surface area contributed by atoms with E-state index in [0.717, 1.165) is 24.3 Å². The first-order valence-electron chi connectivity index (χ1n) is 7.85. The quantitative estimate of drug-likeness (QED) is 0.939. The second kappa shape index (κ2) is 6.76. The lowest BCUT2D eigenvalue weighted by molar-refractivity contribution is 0.0933. The van der Waals surface area contributed by atoms with Gasteiger partial charge in [-0.25, -0.2) is 0 Å². The minimum atomic E-state index is 0.0914. The number of anilines is 1. The second-order valence-electron chi connectivity index (χ2n) is 5.88. The Labute approximate surface area is 136 Å². The van der Waals surface area contributed by atoms with Gasteiger partial charge < -0.3 is 10.1 Å². The van der Waals surface area contributed by atoms with E-state index >= 15 is 0 Å². The van der Waals surface area contributed by atoms with E-state index in [1.807, 2.05) is 32.0 Å². The lowest BCUT2D eigenvalue weighted by Gasteiger charge is -2.20. The Balaban J connectivity index is 1.74. The highest BCUT2D eigenvalue weighted by Crippen LogP contribution is 2.34. The summed E-state index contributed by atoms with van der Waals surface area (Å²) in [6, 6.07) is 12.5. The summed E-state index contributed by atoms with van der Waals surface area (Å²) >= 11 is 0. The van der Waals surface area contributed by atoms with Gasteiger partial charge in [0.2, 0.25) is 0 Å². The maximum absolute atomic E-state index is 9.36. The molecule has 1 N–H and O–H groups in total. The largest absolute Gasteiger partial charge is 0.373 e. The first kappa shape index (κ1) is 15.4. The number of nitrogens with one attached hydrogen (secondary N) is 1. The molecular weight excluding hydrogens is 288 g/mol. The predicted octanol–water partition coefficient (Wildman–Crippen LogP) is 3.15. The van der Waals surface area contributed by atoms with Gasteiger partial charge in [0.25, 0.3) is 0 Å². The Morgan fingerprint density at radius 1 is 1.26 bits per heavy atom. The van der Waals surface area contributed by atoms with Crippen molar-refractivity contribution in [2.45, 2.75) is 26.4 Å². The molecule has 2 atom stereocenters. The third kappa shape index (κ3) is 3.17. The number of nitrogens with zero attached hydrogens (tertiary/aromatic N) is 3. The molecule has 1 saturated heterocycles. The summed E-state index contributed by atoms with van der Waals surface area (Å²) < 4.78 is 5.90. The van der Waals surface area contributed by atoms with Crippen molar-refractivity contribution < 1.29 is 4.74 Å². The molecule has 1 fully saturated rings. The number of hydrogen-bond donors (Lipinski definition) is 1. The number of hydrogen-bond acceptors (Lipinski definition) is 5. The van der Waals surface area contributed by atoms with E-state index < -0.39 is 0 Å². The average Bonchev–Trinajstić information content (AvgIpc) is 3.05. The Morgan fingerprint density at radius 2 is 2.04 bits per heavy atom. The fourth-order valence-corrected chi connectivity index (χ4v) is 2.95. The Hall–Kier alpha value is -2.45. The summed E-state index contributed by atoms with van der Waals surface area (Å²) in [6.07, 6.45) is 1.08. The first-order chi connectivity index (χ1) is 11.2. The highest BCUT2D eigenvalue weighted by Gasteiger charge is 2.29. The lowest BCUT2D eigenvalue weighted by Crippen LogP contribution is -2.19. The van der Waals surface area contributed by atoms with Crippen LogP contribution in [0, 0.1) is 31.1 Å². The molecule has 0 bridgehead atoms. The van der Waals surface area contributed by atoms with Crippen LogP contribution >= 0.6 is 0 Å². The van der Waals surface area contributed by atoms with E-state index in [4.69, 9.17) is 4.74 Å². The average molecular weight is 308 g/mol. The summed E-state index contributed by atoms with van der Waals surface area (Å²) in [4.78, 5) is 0. The zero-order chi connectivity index (χ0) is 16.2. The molecule has 0 amide bonds. The molecule has 118 valence electrons. The summed E-state index contributed by atoms with van der Waals surface area (Å²) in [5, 5.41) is 20.9. The van der Waals surface area contributed by atoms with Gasteiger partial charge in [0.1, 0.15) is 11.6 Å². The molecule has 2 aromatic rings. The van der Waals surface area contributed by atoms with Crippen molar-refractivity contribution in [1.29, 1.82) is 5.26 Å². The van der Waals surface area contributed by atoms with E-state index in [1.165, 1.54) is 5.56 Å². The number of aromatic nitrogens is 2. The van der Waals surface area contributed by atoms with Crippen LogP contribution in [0.3, 0.4) is 0 Å².